The Morgan fingerprint density at radius 1 is 0.531 bits per heavy atom. The number of halogens is 1. The Morgan fingerprint density at radius 3 is 2.00 bits per heavy atom. The molecule has 1 aliphatic rings. The van der Waals surface area contributed by atoms with E-state index in [1.807, 2.05) is 0 Å². The van der Waals surface area contributed by atoms with Crippen molar-refractivity contribution in [2.24, 2.45) is 0 Å². The highest BCUT2D eigenvalue weighted by molar-refractivity contribution is 9.10. The smallest absolute Gasteiger partial charge is 0.0178 e. The molecule has 0 saturated heterocycles. The van der Waals surface area contributed by atoms with E-state index in [0.717, 1.165) is 10.9 Å². The van der Waals surface area contributed by atoms with E-state index in [9.17, 15) is 0 Å². The monoisotopic (exact) mass is 480 g/mol. The molecule has 0 aromatic heterocycles. The van der Waals surface area contributed by atoms with E-state index in [1.165, 1.54) is 83.0 Å². The Bertz CT molecular complexity index is 1210. The molecule has 0 nitrogen and oxygen atoms in total. The fraction of sp³-hybridized carbons (Fsp3) is 0.226. The SMILES string of the molecule is Brc1ccc2c(c1)Cc1cc(-c3cccc(CCCCCCc4ccccc4)c3)ccc1-2. The minimum Gasteiger partial charge on any atom is -0.0622 e. The highest BCUT2D eigenvalue weighted by Gasteiger charge is 2.19. The average molecular weight is 481 g/mol. The van der Waals surface area contributed by atoms with Crippen LogP contribution in [0.4, 0.5) is 0 Å². The van der Waals surface area contributed by atoms with Crippen molar-refractivity contribution in [1.82, 2.24) is 0 Å². The number of aryl methyl sites for hydroxylation is 2. The number of benzene rings is 4. The van der Waals surface area contributed by atoms with Gasteiger partial charge < -0.3 is 0 Å². The summed E-state index contributed by atoms with van der Waals surface area (Å²) in [5.41, 5.74) is 11.2. The van der Waals surface area contributed by atoms with Crippen LogP contribution < -0.4 is 0 Å². The van der Waals surface area contributed by atoms with Crippen LogP contribution in [0.25, 0.3) is 22.3 Å². The molecule has 0 spiro atoms. The second-order valence-corrected chi connectivity index (χ2v) is 9.87. The number of fused-ring (bicyclic) bond motifs is 3. The van der Waals surface area contributed by atoms with Gasteiger partial charge >= 0.3 is 0 Å². The lowest BCUT2D eigenvalue weighted by atomic mass is 9.96. The van der Waals surface area contributed by atoms with Gasteiger partial charge in [-0.3, -0.25) is 0 Å². The summed E-state index contributed by atoms with van der Waals surface area (Å²) >= 11 is 3.61. The van der Waals surface area contributed by atoms with Gasteiger partial charge in [-0.2, -0.15) is 0 Å². The largest absolute Gasteiger partial charge is 0.0622 e. The Kier molecular flexibility index (Phi) is 6.55. The van der Waals surface area contributed by atoms with Crippen LogP contribution in [0.1, 0.15) is 47.9 Å². The lowest BCUT2D eigenvalue weighted by Gasteiger charge is -2.08. The molecule has 1 heteroatoms. The molecule has 0 saturated carbocycles. The minimum absolute atomic E-state index is 1.03. The van der Waals surface area contributed by atoms with Crippen molar-refractivity contribution in [1.29, 1.82) is 0 Å². The summed E-state index contributed by atoms with van der Waals surface area (Å²) in [5.74, 6) is 0. The van der Waals surface area contributed by atoms with Crippen molar-refractivity contribution in [3.8, 4) is 22.3 Å². The van der Waals surface area contributed by atoms with Crippen LogP contribution in [0, 0.1) is 0 Å². The van der Waals surface area contributed by atoms with Gasteiger partial charge in [-0.05, 0) is 88.7 Å². The predicted molar refractivity (Wildman–Crippen MR) is 140 cm³/mol. The number of unbranched alkanes of at least 4 members (excludes halogenated alkanes) is 3. The maximum atomic E-state index is 3.61. The highest BCUT2D eigenvalue weighted by atomic mass is 79.9. The first-order valence-electron chi connectivity index (χ1n) is 11.8. The normalized spacial score (nSPS) is 11.9. The molecule has 0 heterocycles. The fourth-order valence-electron chi connectivity index (χ4n) is 4.92. The van der Waals surface area contributed by atoms with Crippen LogP contribution >= 0.6 is 15.9 Å². The third kappa shape index (κ3) is 4.89. The predicted octanol–water partition coefficient (Wildman–Crippen LogP) is 9.03. The Labute approximate surface area is 200 Å². The van der Waals surface area contributed by atoms with Crippen LogP contribution in [0.5, 0.6) is 0 Å². The van der Waals surface area contributed by atoms with Crippen LogP contribution in [-0.2, 0) is 19.3 Å². The summed E-state index contributed by atoms with van der Waals surface area (Å²) in [6.07, 6.45) is 8.59. The Morgan fingerprint density at radius 2 is 1.19 bits per heavy atom. The van der Waals surface area contributed by atoms with Gasteiger partial charge in [0, 0.05) is 4.47 Å². The highest BCUT2D eigenvalue weighted by Crippen LogP contribution is 2.39. The van der Waals surface area contributed by atoms with E-state index in [0.29, 0.717) is 0 Å². The molecule has 0 fully saturated rings. The number of hydrogen-bond acceptors (Lipinski definition) is 0. The van der Waals surface area contributed by atoms with Crippen LogP contribution in [0.2, 0.25) is 0 Å². The summed E-state index contributed by atoms with van der Waals surface area (Å²) in [7, 11) is 0. The van der Waals surface area contributed by atoms with Crippen molar-refractivity contribution in [2.75, 3.05) is 0 Å². The van der Waals surface area contributed by atoms with Gasteiger partial charge in [0.15, 0.2) is 0 Å². The first kappa shape index (κ1) is 21.2. The summed E-state index contributed by atoms with van der Waals surface area (Å²) in [4.78, 5) is 0. The van der Waals surface area contributed by atoms with Crippen LogP contribution in [0.3, 0.4) is 0 Å². The van der Waals surface area contributed by atoms with Crippen molar-refractivity contribution >= 4 is 15.9 Å². The second kappa shape index (κ2) is 9.88. The number of rotatable bonds is 8. The molecule has 0 radical (unpaired) electrons. The van der Waals surface area contributed by atoms with Crippen molar-refractivity contribution in [3.05, 3.63) is 118 Å². The molecular formula is C31H29Br. The molecule has 0 bridgehead atoms. The lowest BCUT2D eigenvalue weighted by Crippen LogP contribution is -1.90. The molecule has 4 aromatic carbocycles. The third-order valence-electron chi connectivity index (χ3n) is 6.63. The summed E-state index contributed by atoms with van der Waals surface area (Å²) in [6, 6.07) is 33.6. The molecule has 0 unspecified atom stereocenters. The molecular weight excluding hydrogens is 452 g/mol. The first-order valence-corrected chi connectivity index (χ1v) is 12.6. The van der Waals surface area contributed by atoms with E-state index < -0.39 is 0 Å². The van der Waals surface area contributed by atoms with E-state index in [1.54, 1.807) is 0 Å². The van der Waals surface area contributed by atoms with Crippen LogP contribution in [-0.4, -0.2) is 0 Å². The minimum atomic E-state index is 1.03. The Balaban J connectivity index is 1.18. The summed E-state index contributed by atoms with van der Waals surface area (Å²) in [6.45, 7) is 0. The van der Waals surface area contributed by atoms with Crippen molar-refractivity contribution < 1.29 is 0 Å². The molecule has 160 valence electrons. The van der Waals surface area contributed by atoms with Crippen molar-refractivity contribution in [2.45, 2.75) is 44.9 Å². The maximum Gasteiger partial charge on any atom is 0.0178 e. The standard InChI is InChI=1S/C31H29Br/c32-29-16-18-31-28(22-29)21-27-20-26(15-17-30(27)31)25-14-8-13-24(19-25)12-5-2-1-4-9-23-10-6-3-7-11-23/h3,6-8,10-11,13-20,22H,1-2,4-5,9,12,21H2. The molecule has 0 amide bonds. The van der Waals surface area contributed by atoms with Gasteiger partial charge in [-0.25, -0.2) is 0 Å². The molecule has 0 N–H and O–H groups in total. The first-order chi connectivity index (χ1) is 15.8. The second-order valence-electron chi connectivity index (χ2n) is 8.95. The van der Waals surface area contributed by atoms with Gasteiger partial charge in [-0.1, -0.05) is 108 Å². The van der Waals surface area contributed by atoms with Gasteiger partial charge in [0.25, 0.3) is 0 Å². The zero-order valence-electron chi connectivity index (χ0n) is 18.5. The van der Waals surface area contributed by atoms with Crippen molar-refractivity contribution in [3.63, 3.8) is 0 Å². The van der Waals surface area contributed by atoms with Gasteiger partial charge in [-0.15, -0.1) is 0 Å². The summed E-state index contributed by atoms with van der Waals surface area (Å²) in [5, 5.41) is 0. The van der Waals surface area contributed by atoms with E-state index in [-0.39, 0.29) is 0 Å². The summed E-state index contributed by atoms with van der Waals surface area (Å²) < 4.78 is 1.16. The number of hydrogen-bond donors (Lipinski definition) is 0. The quantitative estimate of drug-likeness (QED) is 0.194. The van der Waals surface area contributed by atoms with Gasteiger partial charge in [0.05, 0.1) is 0 Å². The molecule has 5 rings (SSSR count). The Hall–Kier alpha value is -2.64. The van der Waals surface area contributed by atoms with Crippen LogP contribution in [0.15, 0.2) is 95.5 Å². The molecule has 4 aromatic rings. The van der Waals surface area contributed by atoms with E-state index in [2.05, 4.69) is 107 Å². The maximum absolute atomic E-state index is 3.61. The zero-order valence-corrected chi connectivity index (χ0v) is 20.1. The molecule has 0 atom stereocenters. The lowest BCUT2D eigenvalue weighted by molar-refractivity contribution is 0.640. The zero-order chi connectivity index (χ0) is 21.8. The average Bonchev–Trinajstić information content (AvgIpc) is 3.19. The molecule has 32 heavy (non-hydrogen) atoms. The topological polar surface area (TPSA) is 0 Å². The third-order valence-corrected chi connectivity index (χ3v) is 7.12. The fourth-order valence-corrected chi connectivity index (χ4v) is 5.33. The molecule has 0 aliphatic heterocycles. The van der Waals surface area contributed by atoms with Gasteiger partial charge in [0.2, 0.25) is 0 Å². The van der Waals surface area contributed by atoms with E-state index in [4.69, 9.17) is 0 Å². The molecule has 1 aliphatic carbocycles. The van der Waals surface area contributed by atoms with E-state index >= 15 is 0 Å². The van der Waals surface area contributed by atoms with Gasteiger partial charge in [0.1, 0.15) is 0 Å².